The number of para-hydroxylation sites is 1. The number of hydrogen-bond donors (Lipinski definition) is 1. The van der Waals surface area contributed by atoms with E-state index in [2.05, 4.69) is 45.6 Å². The second kappa shape index (κ2) is 4.60. The van der Waals surface area contributed by atoms with Crippen LogP contribution in [0.3, 0.4) is 0 Å². The summed E-state index contributed by atoms with van der Waals surface area (Å²) >= 11 is 0. The lowest BCUT2D eigenvalue weighted by atomic mass is 10.1. The third-order valence-electron chi connectivity index (χ3n) is 3.99. The molecular formula is C17H15N3. The highest BCUT2D eigenvalue weighted by atomic mass is 15.0. The Balaban J connectivity index is 1.73. The van der Waals surface area contributed by atoms with Gasteiger partial charge in [-0.05, 0) is 36.1 Å². The highest BCUT2D eigenvalue weighted by Gasteiger charge is 2.22. The molecule has 1 aliphatic carbocycles. The van der Waals surface area contributed by atoms with Gasteiger partial charge in [-0.15, -0.1) is 0 Å². The van der Waals surface area contributed by atoms with Crippen molar-refractivity contribution in [2.45, 2.75) is 18.9 Å². The minimum absolute atomic E-state index is 0.351. The van der Waals surface area contributed by atoms with Crippen molar-refractivity contribution in [1.82, 2.24) is 9.97 Å². The molecule has 0 saturated carbocycles. The van der Waals surface area contributed by atoms with Gasteiger partial charge in [0.25, 0.3) is 0 Å². The summed E-state index contributed by atoms with van der Waals surface area (Å²) in [7, 11) is 0. The lowest BCUT2D eigenvalue weighted by molar-refractivity contribution is 0.758. The van der Waals surface area contributed by atoms with Crippen LogP contribution in [0.5, 0.6) is 0 Å². The smallest absolute Gasteiger partial charge is 0.137 e. The Bertz CT molecular complexity index is 762. The summed E-state index contributed by atoms with van der Waals surface area (Å²) in [5.41, 5.74) is 3.83. The second-order valence-corrected chi connectivity index (χ2v) is 5.17. The summed E-state index contributed by atoms with van der Waals surface area (Å²) in [6.45, 7) is 0. The monoisotopic (exact) mass is 261 g/mol. The van der Waals surface area contributed by atoms with Gasteiger partial charge in [0, 0.05) is 5.39 Å². The molecule has 1 N–H and O–H groups in total. The molecule has 1 aliphatic rings. The molecule has 0 aliphatic heterocycles. The number of aryl methyl sites for hydroxylation is 1. The number of fused-ring (bicyclic) bond motifs is 2. The van der Waals surface area contributed by atoms with Crippen molar-refractivity contribution in [1.29, 1.82) is 0 Å². The Kier molecular flexibility index (Phi) is 2.62. The third-order valence-corrected chi connectivity index (χ3v) is 3.99. The Hall–Kier alpha value is -2.42. The van der Waals surface area contributed by atoms with Crippen LogP contribution in [-0.2, 0) is 6.42 Å². The second-order valence-electron chi connectivity index (χ2n) is 5.17. The van der Waals surface area contributed by atoms with Crippen molar-refractivity contribution >= 4 is 16.7 Å². The summed E-state index contributed by atoms with van der Waals surface area (Å²) in [4.78, 5) is 8.73. The molecule has 3 heteroatoms. The fourth-order valence-corrected chi connectivity index (χ4v) is 2.99. The molecule has 1 atom stereocenters. The molecule has 1 heterocycles. The van der Waals surface area contributed by atoms with Gasteiger partial charge in [-0.25, -0.2) is 9.97 Å². The van der Waals surface area contributed by atoms with E-state index in [9.17, 15) is 0 Å². The average Bonchev–Trinajstić information content (AvgIpc) is 2.91. The highest BCUT2D eigenvalue weighted by molar-refractivity contribution is 5.88. The van der Waals surface area contributed by atoms with Crippen LogP contribution in [-0.4, -0.2) is 9.97 Å². The van der Waals surface area contributed by atoms with Gasteiger partial charge in [-0.3, -0.25) is 0 Å². The molecule has 1 aromatic heterocycles. The van der Waals surface area contributed by atoms with E-state index in [0.717, 1.165) is 29.6 Å². The normalized spacial score (nSPS) is 17.1. The van der Waals surface area contributed by atoms with E-state index in [0.29, 0.717) is 6.04 Å². The minimum Gasteiger partial charge on any atom is -0.363 e. The maximum absolute atomic E-state index is 4.42. The third kappa shape index (κ3) is 1.83. The van der Waals surface area contributed by atoms with Gasteiger partial charge in [-0.2, -0.15) is 0 Å². The topological polar surface area (TPSA) is 37.8 Å². The summed E-state index contributed by atoms with van der Waals surface area (Å²) in [5.74, 6) is 0.928. The SMILES string of the molecule is c1ccc2c(c1)CC[C@H]2Nc1ncnc2ccccc12. The van der Waals surface area contributed by atoms with Gasteiger partial charge in [0.05, 0.1) is 11.6 Å². The molecule has 0 fully saturated rings. The van der Waals surface area contributed by atoms with E-state index in [4.69, 9.17) is 0 Å². The maximum atomic E-state index is 4.42. The van der Waals surface area contributed by atoms with Crippen molar-refractivity contribution in [3.63, 3.8) is 0 Å². The number of nitrogens with one attached hydrogen (secondary N) is 1. The highest BCUT2D eigenvalue weighted by Crippen LogP contribution is 2.34. The molecule has 0 spiro atoms. The van der Waals surface area contributed by atoms with Crippen molar-refractivity contribution in [3.8, 4) is 0 Å². The van der Waals surface area contributed by atoms with Crippen LogP contribution in [0.4, 0.5) is 5.82 Å². The Labute approximate surface area is 117 Å². The number of aromatic nitrogens is 2. The lowest BCUT2D eigenvalue weighted by Gasteiger charge is -2.15. The number of anilines is 1. The maximum Gasteiger partial charge on any atom is 0.137 e. The first-order valence-electron chi connectivity index (χ1n) is 6.96. The molecule has 3 aromatic rings. The molecule has 20 heavy (non-hydrogen) atoms. The standard InChI is InChI=1S/C17H15N3/c1-2-6-13-12(5-1)9-10-16(13)20-17-14-7-3-4-8-15(14)18-11-19-17/h1-8,11,16H,9-10H2,(H,18,19,20)/t16-/m1/s1. The van der Waals surface area contributed by atoms with E-state index < -0.39 is 0 Å². The largest absolute Gasteiger partial charge is 0.363 e. The Morgan fingerprint density at radius 3 is 2.80 bits per heavy atom. The van der Waals surface area contributed by atoms with Crippen molar-refractivity contribution in [2.24, 2.45) is 0 Å². The number of hydrogen-bond acceptors (Lipinski definition) is 3. The fraction of sp³-hybridized carbons (Fsp3) is 0.176. The quantitative estimate of drug-likeness (QED) is 0.763. The van der Waals surface area contributed by atoms with Gasteiger partial charge >= 0.3 is 0 Å². The molecule has 0 amide bonds. The molecule has 4 rings (SSSR count). The van der Waals surface area contributed by atoms with Gasteiger partial charge < -0.3 is 5.32 Å². The summed E-state index contributed by atoms with van der Waals surface area (Å²) in [5, 5.41) is 4.67. The van der Waals surface area contributed by atoms with Crippen LogP contribution in [0.15, 0.2) is 54.9 Å². The summed E-state index contributed by atoms with van der Waals surface area (Å²) in [6, 6.07) is 17.1. The Morgan fingerprint density at radius 1 is 0.950 bits per heavy atom. The molecule has 0 bridgehead atoms. The molecule has 0 saturated heterocycles. The van der Waals surface area contributed by atoms with Gasteiger partial charge in [-0.1, -0.05) is 36.4 Å². The summed E-state index contributed by atoms with van der Waals surface area (Å²) in [6.07, 6.45) is 3.89. The van der Waals surface area contributed by atoms with Gasteiger partial charge in [0.15, 0.2) is 0 Å². The predicted octanol–water partition coefficient (Wildman–Crippen LogP) is 3.73. The van der Waals surface area contributed by atoms with Gasteiger partial charge in [0.2, 0.25) is 0 Å². The Morgan fingerprint density at radius 2 is 1.80 bits per heavy atom. The zero-order valence-corrected chi connectivity index (χ0v) is 11.1. The van der Waals surface area contributed by atoms with E-state index in [1.807, 2.05) is 18.2 Å². The van der Waals surface area contributed by atoms with Crippen molar-refractivity contribution in [3.05, 3.63) is 66.0 Å². The fourth-order valence-electron chi connectivity index (χ4n) is 2.99. The average molecular weight is 261 g/mol. The van der Waals surface area contributed by atoms with Crippen molar-refractivity contribution < 1.29 is 0 Å². The van der Waals surface area contributed by atoms with Crippen LogP contribution in [0.1, 0.15) is 23.6 Å². The van der Waals surface area contributed by atoms with E-state index in [-0.39, 0.29) is 0 Å². The first-order chi connectivity index (χ1) is 9.92. The lowest BCUT2D eigenvalue weighted by Crippen LogP contribution is -2.09. The molecule has 3 nitrogen and oxygen atoms in total. The predicted molar refractivity (Wildman–Crippen MR) is 80.7 cm³/mol. The molecule has 0 radical (unpaired) electrons. The number of rotatable bonds is 2. The van der Waals surface area contributed by atoms with Crippen molar-refractivity contribution in [2.75, 3.05) is 5.32 Å². The summed E-state index contributed by atoms with van der Waals surface area (Å²) < 4.78 is 0. The zero-order valence-electron chi connectivity index (χ0n) is 11.1. The molecule has 2 aromatic carbocycles. The first kappa shape index (κ1) is 11.4. The minimum atomic E-state index is 0.351. The molecule has 98 valence electrons. The number of nitrogens with zero attached hydrogens (tertiary/aromatic N) is 2. The van der Waals surface area contributed by atoms with Crippen LogP contribution >= 0.6 is 0 Å². The van der Waals surface area contributed by atoms with E-state index >= 15 is 0 Å². The number of benzene rings is 2. The molecular weight excluding hydrogens is 246 g/mol. The van der Waals surface area contributed by atoms with Crippen LogP contribution in [0.25, 0.3) is 10.9 Å². The first-order valence-corrected chi connectivity index (χ1v) is 6.96. The van der Waals surface area contributed by atoms with Gasteiger partial charge in [0.1, 0.15) is 12.1 Å². The van der Waals surface area contributed by atoms with Crippen LogP contribution in [0, 0.1) is 0 Å². The van der Waals surface area contributed by atoms with Crippen LogP contribution < -0.4 is 5.32 Å². The van der Waals surface area contributed by atoms with E-state index in [1.165, 1.54) is 11.1 Å². The van der Waals surface area contributed by atoms with Crippen LogP contribution in [0.2, 0.25) is 0 Å². The van der Waals surface area contributed by atoms with E-state index in [1.54, 1.807) is 6.33 Å². The molecule has 0 unspecified atom stereocenters. The zero-order chi connectivity index (χ0) is 13.4.